The van der Waals surface area contributed by atoms with E-state index in [1.165, 1.54) is 12.1 Å². The van der Waals surface area contributed by atoms with Gasteiger partial charge in [-0.15, -0.1) is 0 Å². The average molecular weight is 418 g/mol. The van der Waals surface area contributed by atoms with E-state index >= 15 is 0 Å². The third kappa shape index (κ3) is 5.02. The summed E-state index contributed by atoms with van der Waals surface area (Å²) >= 11 is 3.25. The Morgan fingerprint density at radius 3 is 2.33 bits per heavy atom. The molecule has 2 amide bonds. The normalized spacial score (nSPS) is 16.1. The van der Waals surface area contributed by atoms with Crippen molar-refractivity contribution in [1.82, 2.24) is 9.62 Å². The molecule has 0 radical (unpaired) electrons. The number of amides is 2. The Morgan fingerprint density at radius 1 is 1.21 bits per heavy atom. The number of halogens is 1. The minimum atomic E-state index is -3.63. The Hall–Kier alpha value is -1.45. The van der Waals surface area contributed by atoms with E-state index < -0.39 is 10.0 Å². The van der Waals surface area contributed by atoms with E-state index in [2.05, 4.69) is 20.7 Å². The fourth-order valence-electron chi connectivity index (χ4n) is 2.56. The van der Waals surface area contributed by atoms with Crippen LogP contribution in [0.15, 0.2) is 33.6 Å². The molecule has 1 fully saturated rings. The van der Waals surface area contributed by atoms with Gasteiger partial charge in [0, 0.05) is 36.4 Å². The molecule has 7 nitrogen and oxygen atoms in total. The Kier molecular flexibility index (Phi) is 6.36. The van der Waals surface area contributed by atoms with Gasteiger partial charge < -0.3 is 10.6 Å². The summed E-state index contributed by atoms with van der Waals surface area (Å²) in [6, 6.07) is 6.26. The van der Waals surface area contributed by atoms with Crippen LogP contribution < -0.4 is 10.5 Å². The summed E-state index contributed by atoms with van der Waals surface area (Å²) in [5.74, 6) is -0.634. The number of primary amides is 1. The molecule has 1 heterocycles. The van der Waals surface area contributed by atoms with Gasteiger partial charge in [-0.1, -0.05) is 15.9 Å². The van der Waals surface area contributed by atoms with Crippen molar-refractivity contribution in [1.29, 1.82) is 0 Å². The van der Waals surface area contributed by atoms with Gasteiger partial charge in [-0.2, -0.15) is 0 Å². The maximum absolute atomic E-state index is 12.1. The first-order valence-corrected chi connectivity index (χ1v) is 9.89. The van der Waals surface area contributed by atoms with Crippen LogP contribution in [0, 0.1) is 5.92 Å². The predicted octanol–water partition coefficient (Wildman–Crippen LogP) is 0.841. The molecule has 1 aliphatic heterocycles. The molecule has 0 spiro atoms. The van der Waals surface area contributed by atoms with Gasteiger partial charge in [-0.25, -0.2) is 13.1 Å². The average Bonchev–Trinajstić information content (AvgIpc) is 2.55. The van der Waals surface area contributed by atoms with E-state index in [1.54, 1.807) is 17.0 Å². The third-order valence-corrected chi connectivity index (χ3v) is 6.01. The lowest BCUT2D eigenvalue weighted by atomic mass is 9.96. The smallest absolute Gasteiger partial charge is 0.240 e. The Bertz CT molecular complexity index is 698. The molecular weight excluding hydrogens is 398 g/mol. The summed E-state index contributed by atoms with van der Waals surface area (Å²) in [6.07, 6.45) is 1.20. The predicted molar refractivity (Wildman–Crippen MR) is 92.4 cm³/mol. The van der Waals surface area contributed by atoms with Gasteiger partial charge in [0.2, 0.25) is 21.8 Å². The summed E-state index contributed by atoms with van der Waals surface area (Å²) < 4.78 is 27.4. The zero-order valence-corrected chi connectivity index (χ0v) is 15.5. The van der Waals surface area contributed by atoms with Crippen molar-refractivity contribution in [3.63, 3.8) is 0 Å². The lowest BCUT2D eigenvalue weighted by molar-refractivity contribution is -0.134. The third-order valence-electron chi connectivity index (χ3n) is 4.00. The number of nitrogens with one attached hydrogen (secondary N) is 1. The second-order valence-electron chi connectivity index (χ2n) is 5.66. The molecule has 0 aromatic heterocycles. The summed E-state index contributed by atoms with van der Waals surface area (Å²) in [5.41, 5.74) is 5.26. The Balaban J connectivity index is 1.80. The molecule has 1 aromatic rings. The van der Waals surface area contributed by atoms with Crippen molar-refractivity contribution < 1.29 is 18.0 Å². The van der Waals surface area contributed by atoms with Crippen LogP contribution in [0.4, 0.5) is 0 Å². The van der Waals surface area contributed by atoms with Gasteiger partial charge in [-0.3, -0.25) is 9.59 Å². The number of hydrogen-bond donors (Lipinski definition) is 2. The number of hydrogen-bond acceptors (Lipinski definition) is 4. The van der Waals surface area contributed by atoms with E-state index in [0.29, 0.717) is 25.9 Å². The summed E-state index contributed by atoms with van der Waals surface area (Å²) in [4.78, 5) is 25.0. The maximum Gasteiger partial charge on any atom is 0.240 e. The number of piperidine rings is 1. The molecule has 0 unspecified atom stereocenters. The van der Waals surface area contributed by atoms with E-state index in [1.807, 2.05) is 0 Å². The first-order valence-electron chi connectivity index (χ1n) is 7.62. The maximum atomic E-state index is 12.1. The van der Waals surface area contributed by atoms with Gasteiger partial charge in [0.05, 0.1) is 4.90 Å². The molecule has 132 valence electrons. The monoisotopic (exact) mass is 417 g/mol. The highest BCUT2D eigenvalue weighted by Gasteiger charge is 2.25. The lowest BCUT2D eigenvalue weighted by Crippen LogP contribution is -2.42. The fraction of sp³-hybridized carbons (Fsp3) is 0.467. The van der Waals surface area contributed by atoms with E-state index in [-0.39, 0.29) is 35.6 Å². The highest BCUT2D eigenvalue weighted by Crippen LogP contribution is 2.17. The number of likely N-dealkylation sites (tertiary alicyclic amines) is 1. The van der Waals surface area contributed by atoms with Crippen molar-refractivity contribution in [2.45, 2.75) is 24.2 Å². The second kappa shape index (κ2) is 8.09. The number of benzene rings is 1. The number of nitrogens with zero attached hydrogens (tertiary/aromatic N) is 1. The molecule has 1 aromatic carbocycles. The van der Waals surface area contributed by atoms with Gasteiger partial charge >= 0.3 is 0 Å². The fourth-order valence-corrected chi connectivity index (χ4v) is 3.86. The standard InChI is InChI=1S/C15H20BrN3O4S/c16-12-1-3-13(4-2-12)24(22,23)18-8-5-14(20)19-9-6-11(7-10-19)15(17)21/h1-4,11,18H,5-10H2,(H2,17,21). The molecular formula is C15H20BrN3O4S. The molecule has 1 saturated heterocycles. The van der Waals surface area contributed by atoms with Crippen LogP contribution in [-0.4, -0.2) is 44.8 Å². The van der Waals surface area contributed by atoms with Crippen LogP contribution in [0.25, 0.3) is 0 Å². The number of nitrogens with two attached hydrogens (primary N) is 1. The molecule has 0 aliphatic carbocycles. The minimum absolute atomic E-state index is 0.0347. The quantitative estimate of drug-likeness (QED) is 0.714. The largest absolute Gasteiger partial charge is 0.369 e. The van der Waals surface area contributed by atoms with Crippen molar-refractivity contribution in [2.75, 3.05) is 19.6 Å². The summed E-state index contributed by atoms with van der Waals surface area (Å²) in [7, 11) is -3.63. The molecule has 24 heavy (non-hydrogen) atoms. The second-order valence-corrected chi connectivity index (χ2v) is 8.34. The molecule has 0 atom stereocenters. The van der Waals surface area contributed by atoms with Gasteiger partial charge in [-0.05, 0) is 37.1 Å². The minimum Gasteiger partial charge on any atom is -0.369 e. The number of carbonyl (C=O) groups is 2. The SMILES string of the molecule is NC(=O)C1CCN(C(=O)CCNS(=O)(=O)c2ccc(Br)cc2)CC1. The van der Waals surface area contributed by atoms with Crippen LogP contribution in [0.3, 0.4) is 0 Å². The first kappa shape index (κ1) is 18.9. The van der Waals surface area contributed by atoms with Crippen molar-refractivity contribution >= 4 is 37.8 Å². The van der Waals surface area contributed by atoms with Crippen LogP contribution >= 0.6 is 15.9 Å². The van der Waals surface area contributed by atoms with Crippen molar-refractivity contribution in [3.05, 3.63) is 28.7 Å². The molecule has 2 rings (SSSR count). The molecule has 3 N–H and O–H groups in total. The van der Waals surface area contributed by atoms with Gasteiger partial charge in [0.15, 0.2) is 0 Å². The van der Waals surface area contributed by atoms with Gasteiger partial charge in [0.1, 0.15) is 0 Å². The molecule has 1 aliphatic rings. The summed E-state index contributed by atoms with van der Waals surface area (Å²) in [6.45, 7) is 0.991. The highest BCUT2D eigenvalue weighted by atomic mass is 79.9. The summed E-state index contributed by atoms with van der Waals surface area (Å²) in [5, 5.41) is 0. The van der Waals surface area contributed by atoms with Crippen molar-refractivity contribution in [2.24, 2.45) is 11.7 Å². The first-order chi connectivity index (χ1) is 11.3. The zero-order chi connectivity index (χ0) is 17.7. The number of sulfonamides is 1. The van der Waals surface area contributed by atoms with E-state index in [9.17, 15) is 18.0 Å². The van der Waals surface area contributed by atoms with Crippen LogP contribution in [-0.2, 0) is 19.6 Å². The number of rotatable bonds is 6. The van der Waals surface area contributed by atoms with E-state index in [0.717, 1.165) is 4.47 Å². The Morgan fingerprint density at radius 2 is 1.79 bits per heavy atom. The number of carbonyl (C=O) groups excluding carboxylic acids is 2. The van der Waals surface area contributed by atoms with Crippen LogP contribution in [0.5, 0.6) is 0 Å². The Labute approximate surface area is 149 Å². The molecule has 0 saturated carbocycles. The topological polar surface area (TPSA) is 110 Å². The molecule has 9 heteroatoms. The van der Waals surface area contributed by atoms with Gasteiger partial charge in [0.25, 0.3) is 0 Å². The van der Waals surface area contributed by atoms with Crippen LogP contribution in [0.1, 0.15) is 19.3 Å². The molecule has 0 bridgehead atoms. The highest BCUT2D eigenvalue weighted by molar-refractivity contribution is 9.10. The lowest BCUT2D eigenvalue weighted by Gasteiger charge is -2.30. The van der Waals surface area contributed by atoms with E-state index in [4.69, 9.17) is 5.73 Å². The van der Waals surface area contributed by atoms with Crippen molar-refractivity contribution in [3.8, 4) is 0 Å². The zero-order valence-electron chi connectivity index (χ0n) is 13.1. The van der Waals surface area contributed by atoms with Crippen LogP contribution in [0.2, 0.25) is 0 Å².